The van der Waals surface area contributed by atoms with Gasteiger partial charge in [-0.2, -0.15) is 0 Å². The molecule has 1 N–H and O–H groups in total. The monoisotopic (exact) mass is 393 g/mol. The van der Waals surface area contributed by atoms with Crippen LogP contribution in [0.2, 0.25) is 0 Å². The largest absolute Gasteiger partial charge is 0.357 e. The highest BCUT2D eigenvalue weighted by atomic mass is 32.1. The zero-order chi connectivity index (χ0) is 19.6. The molecule has 1 aliphatic heterocycles. The molecule has 1 aliphatic rings. The lowest BCUT2D eigenvalue weighted by Gasteiger charge is -2.26. The predicted molar refractivity (Wildman–Crippen MR) is 115 cm³/mol. The van der Waals surface area contributed by atoms with Gasteiger partial charge in [0, 0.05) is 52.2 Å². The molecule has 1 fully saturated rings. The number of rotatable bonds is 9. The van der Waals surface area contributed by atoms with E-state index in [1.54, 1.807) is 16.2 Å². The van der Waals surface area contributed by atoms with Crippen LogP contribution in [0.3, 0.4) is 0 Å². The molecule has 1 amide bonds. The second-order valence-corrected chi connectivity index (χ2v) is 8.30. The highest BCUT2D eigenvalue weighted by Gasteiger charge is 2.30. The minimum absolute atomic E-state index is 0.0608. The summed E-state index contributed by atoms with van der Waals surface area (Å²) >= 11 is 1.81. The highest BCUT2D eigenvalue weighted by molar-refractivity contribution is 7.09. The highest BCUT2D eigenvalue weighted by Crippen LogP contribution is 2.18. The quantitative estimate of drug-likeness (QED) is 0.397. The SMILES string of the molecule is CCNC(=NCCCN1CCCC1C(=O)N(C)C)N(C)CCc1cccs1. The van der Waals surface area contributed by atoms with Gasteiger partial charge in [0.2, 0.25) is 5.91 Å². The lowest BCUT2D eigenvalue weighted by molar-refractivity contribution is -0.133. The number of thiophene rings is 1. The van der Waals surface area contributed by atoms with Crippen LogP contribution in [0.15, 0.2) is 22.5 Å². The van der Waals surface area contributed by atoms with E-state index in [0.29, 0.717) is 0 Å². The summed E-state index contributed by atoms with van der Waals surface area (Å²) in [5.74, 6) is 1.20. The Morgan fingerprint density at radius 3 is 2.89 bits per heavy atom. The summed E-state index contributed by atoms with van der Waals surface area (Å²) < 4.78 is 0. The first-order valence-corrected chi connectivity index (χ1v) is 10.9. The van der Waals surface area contributed by atoms with Crippen molar-refractivity contribution in [2.75, 3.05) is 53.9 Å². The number of likely N-dealkylation sites (N-methyl/N-ethyl adjacent to an activating group) is 2. The Labute approximate surface area is 168 Å². The normalized spacial score (nSPS) is 17.9. The third-order valence-corrected chi connectivity index (χ3v) is 5.86. The Hall–Kier alpha value is -1.60. The molecule has 0 aromatic carbocycles. The molecule has 0 radical (unpaired) electrons. The smallest absolute Gasteiger partial charge is 0.239 e. The van der Waals surface area contributed by atoms with Gasteiger partial charge in [-0.25, -0.2) is 0 Å². The summed E-state index contributed by atoms with van der Waals surface area (Å²) in [6, 6.07) is 4.35. The first kappa shape index (κ1) is 21.7. The number of likely N-dealkylation sites (tertiary alicyclic amines) is 1. The van der Waals surface area contributed by atoms with E-state index in [-0.39, 0.29) is 11.9 Å². The van der Waals surface area contributed by atoms with Gasteiger partial charge in [0.25, 0.3) is 0 Å². The maximum Gasteiger partial charge on any atom is 0.239 e. The molecule has 1 atom stereocenters. The minimum atomic E-state index is 0.0608. The van der Waals surface area contributed by atoms with E-state index in [0.717, 1.165) is 64.4 Å². The summed E-state index contributed by atoms with van der Waals surface area (Å²) in [6.45, 7) is 6.67. The average Bonchev–Trinajstić information content (AvgIpc) is 3.33. The van der Waals surface area contributed by atoms with Crippen molar-refractivity contribution in [2.45, 2.75) is 38.6 Å². The molecule has 152 valence electrons. The molecule has 7 heteroatoms. The fraction of sp³-hybridized carbons (Fsp3) is 0.700. The van der Waals surface area contributed by atoms with Crippen LogP contribution in [0.1, 0.15) is 31.1 Å². The van der Waals surface area contributed by atoms with Gasteiger partial charge in [0.05, 0.1) is 6.04 Å². The van der Waals surface area contributed by atoms with Crippen molar-refractivity contribution in [1.82, 2.24) is 20.0 Å². The zero-order valence-corrected chi connectivity index (χ0v) is 18.1. The van der Waals surface area contributed by atoms with Gasteiger partial charge < -0.3 is 15.1 Å². The van der Waals surface area contributed by atoms with Crippen LogP contribution >= 0.6 is 11.3 Å². The van der Waals surface area contributed by atoms with E-state index in [9.17, 15) is 4.79 Å². The first-order chi connectivity index (χ1) is 13.0. The Bertz CT molecular complexity index is 587. The molecule has 1 saturated heterocycles. The maximum absolute atomic E-state index is 12.3. The summed E-state index contributed by atoms with van der Waals surface area (Å²) in [6.07, 6.45) is 4.11. The van der Waals surface area contributed by atoms with E-state index in [1.165, 1.54) is 4.88 Å². The van der Waals surface area contributed by atoms with Crippen molar-refractivity contribution < 1.29 is 4.79 Å². The average molecular weight is 394 g/mol. The molecule has 0 spiro atoms. The topological polar surface area (TPSA) is 51.2 Å². The minimum Gasteiger partial charge on any atom is -0.357 e. The second-order valence-electron chi connectivity index (χ2n) is 7.27. The van der Waals surface area contributed by atoms with Crippen LogP contribution < -0.4 is 5.32 Å². The molecule has 2 heterocycles. The Morgan fingerprint density at radius 2 is 2.22 bits per heavy atom. The molecule has 0 saturated carbocycles. The number of carbonyl (C=O) groups is 1. The standard InChI is InChI=1S/C20H35N5OS/c1-5-21-20(24(4)15-11-17-9-7-16-27-17)22-12-8-14-25-13-6-10-18(25)19(26)23(2)3/h7,9,16,18H,5-6,8,10-15H2,1-4H3,(H,21,22). The number of hydrogen-bond donors (Lipinski definition) is 1. The van der Waals surface area contributed by atoms with Crippen LogP contribution in [-0.2, 0) is 11.2 Å². The van der Waals surface area contributed by atoms with Crippen LogP contribution in [0, 0.1) is 0 Å². The number of guanidine groups is 1. The molecule has 1 unspecified atom stereocenters. The summed E-state index contributed by atoms with van der Waals surface area (Å²) in [5, 5.41) is 5.51. The number of hydrogen-bond acceptors (Lipinski definition) is 4. The maximum atomic E-state index is 12.3. The molecule has 1 aromatic heterocycles. The molecule has 0 bridgehead atoms. The van der Waals surface area contributed by atoms with Crippen molar-refractivity contribution in [3.8, 4) is 0 Å². The first-order valence-electron chi connectivity index (χ1n) is 10.00. The fourth-order valence-corrected chi connectivity index (χ4v) is 4.14. The second kappa shape index (κ2) is 11.3. The van der Waals surface area contributed by atoms with Crippen molar-refractivity contribution in [3.05, 3.63) is 22.4 Å². The third-order valence-electron chi connectivity index (χ3n) is 4.92. The zero-order valence-electron chi connectivity index (χ0n) is 17.3. The summed E-state index contributed by atoms with van der Waals surface area (Å²) in [5.41, 5.74) is 0. The number of nitrogens with one attached hydrogen (secondary N) is 1. The van der Waals surface area contributed by atoms with Crippen molar-refractivity contribution in [1.29, 1.82) is 0 Å². The van der Waals surface area contributed by atoms with E-state index < -0.39 is 0 Å². The molecule has 1 aromatic rings. The van der Waals surface area contributed by atoms with E-state index in [1.807, 2.05) is 14.1 Å². The van der Waals surface area contributed by atoms with Gasteiger partial charge in [0.1, 0.15) is 0 Å². The van der Waals surface area contributed by atoms with Crippen LogP contribution in [0.4, 0.5) is 0 Å². The van der Waals surface area contributed by atoms with Crippen molar-refractivity contribution >= 4 is 23.2 Å². The lowest BCUT2D eigenvalue weighted by atomic mass is 10.2. The molecule has 6 nitrogen and oxygen atoms in total. The Balaban J connectivity index is 1.79. The Morgan fingerprint density at radius 1 is 1.41 bits per heavy atom. The molecular weight excluding hydrogens is 358 g/mol. The molecule has 2 rings (SSSR count). The molecule has 0 aliphatic carbocycles. The fourth-order valence-electron chi connectivity index (χ4n) is 3.44. The van der Waals surface area contributed by atoms with Crippen LogP contribution in [0.5, 0.6) is 0 Å². The van der Waals surface area contributed by atoms with E-state index in [4.69, 9.17) is 4.99 Å². The van der Waals surface area contributed by atoms with Crippen LogP contribution in [0.25, 0.3) is 0 Å². The van der Waals surface area contributed by atoms with Gasteiger partial charge in [-0.3, -0.25) is 14.7 Å². The van der Waals surface area contributed by atoms with E-state index >= 15 is 0 Å². The van der Waals surface area contributed by atoms with Crippen LogP contribution in [-0.4, -0.2) is 86.5 Å². The van der Waals surface area contributed by atoms with Gasteiger partial charge in [-0.05, 0) is 50.6 Å². The number of amides is 1. The van der Waals surface area contributed by atoms with Gasteiger partial charge >= 0.3 is 0 Å². The van der Waals surface area contributed by atoms with Crippen molar-refractivity contribution in [2.24, 2.45) is 4.99 Å². The van der Waals surface area contributed by atoms with Crippen molar-refractivity contribution in [3.63, 3.8) is 0 Å². The third kappa shape index (κ3) is 6.81. The Kier molecular flexibility index (Phi) is 9.07. The van der Waals surface area contributed by atoms with Gasteiger partial charge in [0.15, 0.2) is 5.96 Å². The molecular formula is C20H35N5OS. The summed E-state index contributed by atoms with van der Waals surface area (Å²) in [4.78, 5) is 24.7. The predicted octanol–water partition coefficient (Wildman–Crippen LogP) is 2.13. The van der Waals surface area contributed by atoms with E-state index in [2.05, 4.69) is 46.6 Å². The van der Waals surface area contributed by atoms with Gasteiger partial charge in [-0.1, -0.05) is 6.07 Å². The number of nitrogens with zero attached hydrogens (tertiary/aromatic N) is 4. The lowest BCUT2D eigenvalue weighted by Crippen LogP contribution is -2.43. The molecule has 27 heavy (non-hydrogen) atoms. The number of aliphatic imine (C=N–C) groups is 1. The number of carbonyl (C=O) groups excluding carboxylic acids is 1. The summed E-state index contributed by atoms with van der Waals surface area (Å²) in [7, 11) is 5.79. The van der Waals surface area contributed by atoms with Gasteiger partial charge in [-0.15, -0.1) is 11.3 Å².